The van der Waals surface area contributed by atoms with Gasteiger partial charge in [0.2, 0.25) is 0 Å². The number of anilines is 1. The maximum absolute atomic E-state index is 12.6. The lowest BCUT2D eigenvalue weighted by molar-refractivity contribution is 0.601. The van der Waals surface area contributed by atoms with Crippen molar-refractivity contribution in [2.75, 3.05) is 4.72 Å². The molecule has 0 unspecified atom stereocenters. The summed E-state index contributed by atoms with van der Waals surface area (Å²) in [5.41, 5.74) is 2.09. The van der Waals surface area contributed by atoms with Gasteiger partial charge in [-0.05, 0) is 44.2 Å². The summed E-state index contributed by atoms with van der Waals surface area (Å²) in [5, 5.41) is 7.50. The van der Waals surface area contributed by atoms with E-state index in [0.717, 1.165) is 16.3 Å². The molecular weight excluding hydrogens is 354 g/mol. The molecule has 0 fully saturated rings. The van der Waals surface area contributed by atoms with Gasteiger partial charge in [-0.2, -0.15) is 5.10 Å². The van der Waals surface area contributed by atoms with Crippen molar-refractivity contribution in [3.63, 3.8) is 0 Å². The molecule has 0 aliphatic carbocycles. The highest BCUT2D eigenvalue weighted by Gasteiger charge is 2.21. The number of aromatic amines is 1. The molecule has 120 valence electrons. The van der Waals surface area contributed by atoms with Crippen LogP contribution in [0.15, 0.2) is 41.3 Å². The fraction of sp³-hybridized carbons (Fsp3) is 0.133. The van der Waals surface area contributed by atoms with Gasteiger partial charge < -0.3 is 0 Å². The zero-order chi connectivity index (χ0) is 16.6. The minimum absolute atomic E-state index is 0.248. The van der Waals surface area contributed by atoms with Gasteiger partial charge in [0.25, 0.3) is 10.0 Å². The van der Waals surface area contributed by atoms with E-state index in [-0.39, 0.29) is 4.90 Å². The molecule has 0 atom stereocenters. The molecule has 5 nitrogen and oxygen atoms in total. The second-order valence-corrected chi connectivity index (χ2v) is 8.43. The smallest absolute Gasteiger partial charge is 0.263 e. The van der Waals surface area contributed by atoms with Crippen molar-refractivity contribution in [1.29, 1.82) is 0 Å². The van der Waals surface area contributed by atoms with E-state index in [1.165, 1.54) is 11.3 Å². The first kappa shape index (κ1) is 16.0. The summed E-state index contributed by atoms with van der Waals surface area (Å²) in [6.45, 7) is 3.68. The Morgan fingerprint density at radius 3 is 2.65 bits per heavy atom. The SMILES string of the molecule is Cc1cc(-c2cc(S(=O)(=O)Nc3cccc(Cl)c3)c(C)s2)n[nH]1. The van der Waals surface area contributed by atoms with Gasteiger partial charge in [-0.3, -0.25) is 9.82 Å². The molecule has 1 aromatic carbocycles. The Labute approximate surface area is 143 Å². The molecule has 0 saturated carbocycles. The highest BCUT2D eigenvalue weighted by molar-refractivity contribution is 7.93. The Kier molecular flexibility index (Phi) is 4.18. The number of nitrogens with zero attached hydrogens (tertiary/aromatic N) is 1. The predicted molar refractivity (Wildman–Crippen MR) is 93.6 cm³/mol. The third-order valence-corrected chi connectivity index (χ3v) is 6.14. The second-order valence-electron chi connectivity index (χ2n) is 5.08. The van der Waals surface area contributed by atoms with Crippen LogP contribution in [0.25, 0.3) is 10.6 Å². The lowest BCUT2D eigenvalue weighted by atomic mass is 10.3. The van der Waals surface area contributed by atoms with E-state index >= 15 is 0 Å². The minimum Gasteiger partial charge on any atom is -0.282 e. The lowest BCUT2D eigenvalue weighted by Crippen LogP contribution is -2.13. The normalized spacial score (nSPS) is 11.6. The van der Waals surface area contributed by atoms with Gasteiger partial charge in [0.05, 0.1) is 10.6 Å². The number of halogens is 1. The van der Waals surface area contributed by atoms with Crippen LogP contribution >= 0.6 is 22.9 Å². The highest BCUT2D eigenvalue weighted by Crippen LogP contribution is 2.33. The first-order chi connectivity index (χ1) is 10.8. The molecule has 0 spiro atoms. The van der Waals surface area contributed by atoms with Crippen molar-refractivity contribution >= 4 is 38.6 Å². The summed E-state index contributed by atoms with van der Waals surface area (Å²) in [7, 11) is -3.68. The Hall–Kier alpha value is -1.83. The zero-order valence-electron chi connectivity index (χ0n) is 12.4. The number of rotatable bonds is 4. The van der Waals surface area contributed by atoms with Crippen LogP contribution in [0, 0.1) is 13.8 Å². The van der Waals surface area contributed by atoms with Crippen LogP contribution in [0.4, 0.5) is 5.69 Å². The Balaban J connectivity index is 1.95. The first-order valence-corrected chi connectivity index (χ1v) is 9.44. The highest BCUT2D eigenvalue weighted by atomic mass is 35.5. The van der Waals surface area contributed by atoms with E-state index in [1.807, 2.05) is 13.0 Å². The van der Waals surface area contributed by atoms with E-state index < -0.39 is 10.0 Å². The number of hydrogen-bond donors (Lipinski definition) is 2. The fourth-order valence-corrected chi connectivity index (χ4v) is 4.96. The van der Waals surface area contributed by atoms with Crippen molar-refractivity contribution in [2.45, 2.75) is 18.7 Å². The van der Waals surface area contributed by atoms with Gasteiger partial charge in [-0.15, -0.1) is 11.3 Å². The molecular formula is C15H14ClN3O2S2. The predicted octanol–water partition coefficient (Wildman–Crippen LogP) is 4.21. The number of nitrogens with one attached hydrogen (secondary N) is 2. The van der Waals surface area contributed by atoms with E-state index in [2.05, 4.69) is 14.9 Å². The molecule has 2 N–H and O–H groups in total. The summed E-state index contributed by atoms with van der Waals surface area (Å²) >= 11 is 7.29. The maximum atomic E-state index is 12.6. The summed E-state index contributed by atoms with van der Waals surface area (Å²) in [5.74, 6) is 0. The van der Waals surface area contributed by atoms with Crippen LogP contribution in [0.3, 0.4) is 0 Å². The molecule has 0 aliphatic heterocycles. The van der Waals surface area contributed by atoms with E-state index in [0.29, 0.717) is 15.6 Å². The summed E-state index contributed by atoms with van der Waals surface area (Å²) < 4.78 is 27.8. The molecule has 0 bridgehead atoms. The van der Waals surface area contributed by atoms with E-state index in [4.69, 9.17) is 11.6 Å². The van der Waals surface area contributed by atoms with Crippen molar-refractivity contribution in [3.05, 3.63) is 52.0 Å². The van der Waals surface area contributed by atoms with Crippen LogP contribution in [-0.4, -0.2) is 18.6 Å². The van der Waals surface area contributed by atoms with Crippen LogP contribution in [0.2, 0.25) is 5.02 Å². The molecule has 0 saturated heterocycles. The number of H-pyrrole nitrogens is 1. The Morgan fingerprint density at radius 1 is 1.22 bits per heavy atom. The molecule has 0 amide bonds. The molecule has 0 aliphatic rings. The lowest BCUT2D eigenvalue weighted by Gasteiger charge is -2.07. The quantitative estimate of drug-likeness (QED) is 0.725. The molecule has 2 aromatic heterocycles. The minimum atomic E-state index is -3.68. The average Bonchev–Trinajstić information content (AvgIpc) is 3.04. The largest absolute Gasteiger partial charge is 0.282 e. The molecule has 2 heterocycles. The van der Waals surface area contributed by atoms with Crippen LogP contribution in [-0.2, 0) is 10.0 Å². The summed E-state index contributed by atoms with van der Waals surface area (Å²) in [4.78, 5) is 1.76. The second kappa shape index (κ2) is 5.99. The van der Waals surface area contributed by atoms with Crippen LogP contribution < -0.4 is 4.72 Å². The van der Waals surface area contributed by atoms with Gasteiger partial charge in [0.1, 0.15) is 10.6 Å². The van der Waals surface area contributed by atoms with Gasteiger partial charge in [0.15, 0.2) is 0 Å². The molecule has 0 radical (unpaired) electrons. The molecule has 23 heavy (non-hydrogen) atoms. The fourth-order valence-electron chi connectivity index (χ4n) is 2.16. The topological polar surface area (TPSA) is 74.8 Å². The van der Waals surface area contributed by atoms with Crippen LogP contribution in [0.1, 0.15) is 10.6 Å². The summed E-state index contributed by atoms with van der Waals surface area (Å²) in [6, 6.07) is 10.1. The van der Waals surface area contributed by atoms with Crippen molar-refractivity contribution in [1.82, 2.24) is 10.2 Å². The Bertz CT molecular complexity index is 961. The standard InChI is InChI=1S/C15H14ClN3O2S2/c1-9-6-13(18-17-9)14-8-15(10(2)22-14)23(20,21)19-12-5-3-4-11(16)7-12/h3-8,19H,1-2H3,(H,17,18). The van der Waals surface area contributed by atoms with E-state index in [1.54, 1.807) is 37.3 Å². The van der Waals surface area contributed by atoms with Gasteiger partial charge in [-0.25, -0.2) is 8.42 Å². The first-order valence-electron chi connectivity index (χ1n) is 6.76. The van der Waals surface area contributed by atoms with E-state index in [9.17, 15) is 8.42 Å². The number of thiophene rings is 1. The monoisotopic (exact) mass is 367 g/mol. The van der Waals surface area contributed by atoms with Crippen molar-refractivity contribution < 1.29 is 8.42 Å². The number of sulfonamides is 1. The number of benzene rings is 1. The Morgan fingerprint density at radius 2 is 2.00 bits per heavy atom. The number of aryl methyl sites for hydroxylation is 2. The van der Waals surface area contributed by atoms with Crippen molar-refractivity contribution in [3.8, 4) is 10.6 Å². The van der Waals surface area contributed by atoms with Gasteiger partial charge in [-0.1, -0.05) is 17.7 Å². The molecule has 8 heteroatoms. The van der Waals surface area contributed by atoms with Gasteiger partial charge in [0, 0.05) is 15.6 Å². The maximum Gasteiger partial charge on any atom is 0.263 e. The van der Waals surface area contributed by atoms with Gasteiger partial charge >= 0.3 is 0 Å². The third kappa shape index (κ3) is 3.41. The van der Waals surface area contributed by atoms with Crippen LogP contribution in [0.5, 0.6) is 0 Å². The van der Waals surface area contributed by atoms with Crippen molar-refractivity contribution in [2.24, 2.45) is 0 Å². The molecule has 3 aromatic rings. The zero-order valence-corrected chi connectivity index (χ0v) is 14.8. The number of hydrogen-bond acceptors (Lipinski definition) is 4. The third-order valence-electron chi connectivity index (χ3n) is 3.20. The average molecular weight is 368 g/mol. The molecule has 3 rings (SSSR count). The summed E-state index contributed by atoms with van der Waals surface area (Å²) in [6.07, 6.45) is 0. The number of aromatic nitrogens is 2.